The van der Waals surface area contributed by atoms with E-state index in [1.165, 1.54) is 0 Å². The Labute approximate surface area is 173 Å². The van der Waals surface area contributed by atoms with Crippen molar-refractivity contribution >= 4 is 16.0 Å². The first-order valence-corrected chi connectivity index (χ1v) is 11.4. The van der Waals surface area contributed by atoms with Crippen LogP contribution in [-0.4, -0.2) is 62.1 Å². The number of likely N-dealkylation sites (tertiary alicyclic amines) is 1. The van der Waals surface area contributed by atoms with Gasteiger partial charge in [0.1, 0.15) is 0 Å². The smallest absolute Gasteiger partial charge is 0.240 e. The molecule has 1 aliphatic heterocycles. The molecule has 2 N–H and O–H groups in total. The van der Waals surface area contributed by atoms with E-state index in [1.54, 1.807) is 37.5 Å². The molecule has 2 heterocycles. The Bertz CT molecular complexity index is 909. The second-order valence-electron chi connectivity index (χ2n) is 7.47. The van der Waals surface area contributed by atoms with Crippen LogP contribution in [0.1, 0.15) is 24.9 Å². The molecule has 0 spiro atoms. The molecule has 1 aromatic heterocycles. The Hall–Kier alpha value is -2.39. The van der Waals surface area contributed by atoms with Crippen LogP contribution in [-0.2, 0) is 10.0 Å². The molecule has 1 saturated heterocycles. The average Bonchev–Trinajstić information content (AvgIpc) is 3.24. The number of piperidine rings is 1. The fourth-order valence-electron chi connectivity index (χ4n) is 3.59. The zero-order chi connectivity index (χ0) is 20.9. The van der Waals surface area contributed by atoms with Crippen LogP contribution in [0.5, 0.6) is 0 Å². The topological polar surface area (TPSA) is 91.6 Å². The van der Waals surface area contributed by atoms with Crippen LogP contribution in [0.2, 0.25) is 0 Å². The van der Waals surface area contributed by atoms with Gasteiger partial charge in [0.2, 0.25) is 10.0 Å². The van der Waals surface area contributed by atoms with Crippen LogP contribution < -0.4 is 10.0 Å². The van der Waals surface area contributed by atoms with Gasteiger partial charge < -0.3 is 14.8 Å². The first-order valence-electron chi connectivity index (χ1n) is 9.90. The van der Waals surface area contributed by atoms with E-state index in [0.717, 1.165) is 31.0 Å². The predicted molar refractivity (Wildman–Crippen MR) is 114 cm³/mol. The summed E-state index contributed by atoms with van der Waals surface area (Å²) in [6.45, 7) is 6.69. The van der Waals surface area contributed by atoms with E-state index in [1.807, 2.05) is 19.4 Å². The molecular weight excluding hydrogens is 388 g/mol. The number of benzene rings is 1. The van der Waals surface area contributed by atoms with E-state index >= 15 is 0 Å². The molecule has 0 aliphatic carbocycles. The van der Waals surface area contributed by atoms with Gasteiger partial charge in [0.05, 0.1) is 17.3 Å². The summed E-state index contributed by atoms with van der Waals surface area (Å²) in [4.78, 5) is 11.1. The third-order valence-electron chi connectivity index (χ3n) is 5.37. The van der Waals surface area contributed by atoms with Gasteiger partial charge in [-0.15, -0.1) is 0 Å². The lowest BCUT2D eigenvalue weighted by Gasteiger charge is -2.39. The summed E-state index contributed by atoms with van der Waals surface area (Å²) in [5.74, 6) is 1.34. The lowest BCUT2D eigenvalue weighted by molar-refractivity contribution is 0.189. The first-order chi connectivity index (χ1) is 13.9. The third kappa shape index (κ3) is 5.36. The van der Waals surface area contributed by atoms with Crippen molar-refractivity contribution in [2.75, 3.05) is 33.2 Å². The molecule has 0 amide bonds. The normalized spacial score (nSPS) is 20.7. The number of hydrogen-bond acceptors (Lipinski definition) is 4. The number of guanidine groups is 1. The Morgan fingerprint density at radius 3 is 2.69 bits per heavy atom. The van der Waals surface area contributed by atoms with Gasteiger partial charge in [-0.3, -0.25) is 4.99 Å². The van der Waals surface area contributed by atoms with Crippen LogP contribution in [0, 0.1) is 12.8 Å². The molecule has 2 atom stereocenters. The van der Waals surface area contributed by atoms with Gasteiger partial charge in [0.25, 0.3) is 0 Å². The summed E-state index contributed by atoms with van der Waals surface area (Å²) in [7, 11) is -1.75. The number of hydrogen-bond donors (Lipinski definition) is 2. The van der Waals surface area contributed by atoms with Crippen LogP contribution in [0.25, 0.3) is 0 Å². The molecule has 0 saturated carbocycles. The van der Waals surface area contributed by atoms with Crippen molar-refractivity contribution in [2.45, 2.75) is 31.2 Å². The molecule has 1 aliphatic rings. The third-order valence-corrected chi connectivity index (χ3v) is 6.85. The van der Waals surface area contributed by atoms with E-state index in [2.05, 4.69) is 36.4 Å². The van der Waals surface area contributed by atoms with Gasteiger partial charge in [-0.05, 0) is 31.4 Å². The molecular formula is C20H30N6O2S. The van der Waals surface area contributed by atoms with Crippen LogP contribution in [0.3, 0.4) is 0 Å². The Morgan fingerprint density at radius 2 is 2.03 bits per heavy atom. The predicted octanol–water partition coefficient (Wildman–Crippen LogP) is 1.63. The Balaban J connectivity index is 1.52. The fraction of sp³-hybridized carbons (Fsp3) is 0.500. The number of aliphatic imine (C=N–C) groups is 1. The van der Waals surface area contributed by atoms with Gasteiger partial charge in [-0.2, -0.15) is 0 Å². The van der Waals surface area contributed by atoms with Crippen LogP contribution in [0.15, 0.2) is 52.9 Å². The van der Waals surface area contributed by atoms with E-state index in [0.29, 0.717) is 18.5 Å². The van der Waals surface area contributed by atoms with Gasteiger partial charge in [0, 0.05) is 45.6 Å². The molecule has 2 unspecified atom stereocenters. The highest BCUT2D eigenvalue weighted by Crippen LogP contribution is 2.27. The summed E-state index contributed by atoms with van der Waals surface area (Å²) in [6.07, 6.45) is 6.73. The summed E-state index contributed by atoms with van der Waals surface area (Å²) >= 11 is 0. The minimum absolute atomic E-state index is 0.278. The number of nitrogens with one attached hydrogen (secondary N) is 2. The van der Waals surface area contributed by atoms with Gasteiger partial charge in [-0.25, -0.2) is 18.1 Å². The summed E-state index contributed by atoms with van der Waals surface area (Å²) in [5.41, 5.74) is 1.03. The lowest BCUT2D eigenvalue weighted by Crippen LogP contribution is -2.50. The maximum atomic E-state index is 12.4. The quantitative estimate of drug-likeness (QED) is 0.423. The van der Waals surface area contributed by atoms with Crippen molar-refractivity contribution in [1.82, 2.24) is 24.5 Å². The summed E-state index contributed by atoms with van der Waals surface area (Å²) < 4.78 is 29.6. The molecule has 8 nitrogen and oxygen atoms in total. The second kappa shape index (κ2) is 9.41. The van der Waals surface area contributed by atoms with Crippen molar-refractivity contribution in [3.8, 4) is 0 Å². The van der Waals surface area contributed by atoms with Crippen LogP contribution in [0.4, 0.5) is 0 Å². The maximum Gasteiger partial charge on any atom is 0.240 e. The molecule has 3 rings (SSSR count). The number of aromatic nitrogens is 2. The summed E-state index contributed by atoms with van der Waals surface area (Å²) in [5, 5.41) is 3.28. The highest BCUT2D eigenvalue weighted by molar-refractivity contribution is 7.89. The maximum absolute atomic E-state index is 12.4. The van der Waals surface area contributed by atoms with Crippen molar-refractivity contribution in [2.24, 2.45) is 10.9 Å². The second-order valence-corrected chi connectivity index (χ2v) is 9.24. The average molecular weight is 419 g/mol. The SMILES string of the molecule is CN=C(NCCNS(=O)(=O)c1ccc(C)cc1)N1CCC(C)C(n2ccnc2)C1. The minimum Gasteiger partial charge on any atom is -0.355 e. The monoisotopic (exact) mass is 418 g/mol. The molecule has 29 heavy (non-hydrogen) atoms. The van der Waals surface area contributed by atoms with E-state index in [9.17, 15) is 8.42 Å². The number of imidazole rings is 1. The standard InChI is InChI=1S/C20H30N6O2S/c1-16-4-6-18(7-5-16)29(27,28)24-10-9-23-20(21-3)25-12-8-17(2)19(14-25)26-13-11-22-15-26/h4-7,11,13,15,17,19,24H,8-10,12,14H2,1-3H3,(H,21,23). The summed E-state index contributed by atoms with van der Waals surface area (Å²) in [6, 6.07) is 7.17. The van der Waals surface area contributed by atoms with Gasteiger partial charge in [-0.1, -0.05) is 24.6 Å². The molecule has 1 fully saturated rings. The minimum atomic E-state index is -3.51. The molecule has 9 heteroatoms. The van der Waals surface area contributed by atoms with Crippen molar-refractivity contribution in [3.63, 3.8) is 0 Å². The highest BCUT2D eigenvalue weighted by Gasteiger charge is 2.28. The lowest BCUT2D eigenvalue weighted by atomic mass is 9.93. The van der Waals surface area contributed by atoms with E-state index < -0.39 is 10.0 Å². The Morgan fingerprint density at radius 1 is 1.28 bits per heavy atom. The molecule has 158 valence electrons. The van der Waals surface area contributed by atoms with Gasteiger partial charge in [0.15, 0.2) is 5.96 Å². The molecule has 1 aromatic carbocycles. The molecule has 0 bridgehead atoms. The fourth-order valence-corrected chi connectivity index (χ4v) is 4.62. The Kier molecular flexibility index (Phi) is 6.92. The van der Waals surface area contributed by atoms with Crippen molar-refractivity contribution in [3.05, 3.63) is 48.5 Å². The van der Waals surface area contributed by atoms with Crippen LogP contribution >= 0.6 is 0 Å². The van der Waals surface area contributed by atoms with Crippen molar-refractivity contribution < 1.29 is 8.42 Å². The molecule has 2 aromatic rings. The zero-order valence-electron chi connectivity index (χ0n) is 17.2. The zero-order valence-corrected chi connectivity index (χ0v) is 18.1. The van der Waals surface area contributed by atoms with Gasteiger partial charge >= 0.3 is 0 Å². The van der Waals surface area contributed by atoms with Crippen molar-refractivity contribution in [1.29, 1.82) is 0 Å². The largest absolute Gasteiger partial charge is 0.355 e. The number of sulfonamides is 1. The first kappa shape index (κ1) is 21.3. The number of aryl methyl sites for hydroxylation is 1. The van der Waals surface area contributed by atoms with E-state index in [4.69, 9.17) is 0 Å². The molecule has 0 radical (unpaired) electrons. The van der Waals surface area contributed by atoms with E-state index in [-0.39, 0.29) is 11.4 Å². The highest BCUT2D eigenvalue weighted by atomic mass is 32.2. The number of nitrogens with zero attached hydrogens (tertiary/aromatic N) is 4. The number of rotatable bonds is 6.